The summed E-state index contributed by atoms with van der Waals surface area (Å²) in [6, 6.07) is 7.17. The first-order valence-electron chi connectivity index (χ1n) is 11.5. The molecule has 4 rings (SSSR count). The molecule has 34 heavy (non-hydrogen) atoms. The van der Waals surface area contributed by atoms with Crippen LogP contribution >= 0.6 is 0 Å². The number of amides is 2. The molecule has 0 saturated heterocycles. The van der Waals surface area contributed by atoms with Gasteiger partial charge in [-0.1, -0.05) is 31.4 Å². The molecule has 0 unspecified atom stereocenters. The lowest BCUT2D eigenvalue weighted by Gasteiger charge is -2.21. The number of rotatable bonds is 8. The van der Waals surface area contributed by atoms with E-state index < -0.39 is 17.5 Å². The van der Waals surface area contributed by atoms with E-state index >= 15 is 0 Å². The molecule has 0 radical (unpaired) electrons. The Labute approximate surface area is 196 Å². The number of benzene rings is 2. The number of imidazole rings is 1. The number of nitrogens with zero attached hydrogens (tertiary/aromatic N) is 2. The summed E-state index contributed by atoms with van der Waals surface area (Å²) in [5, 5.41) is 5.60. The fourth-order valence-corrected chi connectivity index (χ4v) is 4.38. The molecular weight excluding hydrogens is 442 g/mol. The zero-order valence-corrected chi connectivity index (χ0v) is 19.1. The third-order valence-corrected chi connectivity index (χ3v) is 6.21. The van der Waals surface area contributed by atoms with Crippen LogP contribution in [-0.4, -0.2) is 35.1 Å². The first-order valence-corrected chi connectivity index (χ1v) is 11.5. The van der Waals surface area contributed by atoms with Gasteiger partial charge in [-0.25, -0.2) is 13.8 Å². The highest BCUT2D eigenvalue weighted by molar-refractivity contribution is 6.07. The number of hydrogen-bond donors (Lipinski definition) is 2. The van der Waals surface area contributed by atoms with Gasteiger partial charge in [0.2, 0.25) is 5.91 Å². The van der Waals surface area contributed by atoms with Crippen LogP contribution < -0.4 is 10.6 Å². The SMILES string of the molecule is COCCn1cnc2cc(NC(=O)C3CCCCC3)cc(C(=O)NCc3cccc(F)c3F)c21. The number of aromatic nitrogens is 2. The van der Waals surface area contributed by atoms with E-state index in [1.54, 1.807) is 30.1 Å². The van der Waals surface area contributed by atoms with Gasteiger partial charge in [0.05, 0.1) is 29.5 Å². The highest BCUT2D eigenvalue weighted by Crippen LogP contribution is 2.28. The van der Waals surface area contributed by atoms with Gasteiger partial charge in [-0.05, 0) is 31.0 Å². The Balaban J connectivity index is 1.62. The number of ether oxygens (including phenoxy) is 1. The van der Waals surface area contributed by atoms with Gasteiger partial charge in [-0.3, -0.25) is 9.59 Å². The van der Waals surface area contributed by atoms with Crippen molar-refractivity contribution in [2.75, 3.05) is 19.0 Å². The van der Waals surface area contributed by atoms with Crippen LogP contribution in [0.2, 0.25) is 0 Å². The molecule has 7 nitrogen and oxygen atoms in total. The third-order valence-electron chi connectivity index (χ3n) is 6.21. The number of fused-ring (bicyclic) bond motifs is 1. The zero-order valence-electron chi connectivity index (χ0n) is 19.1. The second kappa shape index (κ2) is 10.7. The summed E-state index contributed by atoms with van der Waals surface area (Å²) >= 11 is 0. The van der Waals surface area contributed by atoms with E-state index in [1.165, 1.54) is 12.1 Å². The normalized spacial score (nSPS) is 14.3. The Hall–Kier alpha value is -3.33. The standard InChI is InChI=1S/C25H28F2N4O3/c1-34-11-10-31-15-29-21-13-18(30-24(32)16-6-3-2-4-7-16)12-19(23(21)31)25(33)28-14-17-8-5-9-20(26)22(17)27/h5,8-9,12-13,15-16H,2-4,6-7,10-11,14H2,1H3,(H,28,33)(H,30,32). The molecule has 1 aliphatic rings. The highest BCUT2D eigenvalue weighted by atomic mass is 19.2. The van der Waals surface area contributed by atoms with E-state index in [-0.39, 0.29) is 29.5 Å². The van der Waals surface area contributed by atoms with Crippen LogP contribution in [0.1, 0.15) is 48.0 Å². The molecule has 2 N–H and O–H groups in total. The molecule has 1 saturated carbocycles. The first-order chi connectivity index (χ1) is 16.5. The maximum Gasteiger partial charge on any atom is 0.253 e. The molecule has 180 valence electrons. The van der Waals surface area contributed by atoms with Gasteiger partial charge in [-0.15, -0.1) is 0 Å². The smallest absolute Gasteiger partial charge is 0.253 e. The largest absolute Gasteiger partial charge is 0.383 e. The second-order valence-electron chi connectivity index (χ2n) is 8.54. The molecule has 1 aliphatic carbocycles. The van der Waals surface area contributed by atoms with Gasteiger partial charge >= 0.3 is 0 Å². The molecule has 0 spiro atoms. The van der Waals surface area contributed by atoms with Crippen molar-refractivity contribution in [3.8, 4) is 0 Å². The maximum absolute atomic E-state index is 14.0. The van der Waals surface area contributed by atoms with Crippen LogP contribution in [0.5, 0.6) is 0 Å². The van der Waals surface area contributed by atoms with Gasteiger partial charge in [0.15, 0.2) is 11.6 Å². The molecule has 0 bridgehead atoms. The highest BCUT2D eigenvalue weighted by Gasteiger charge is 2.23. The number of carbonyl (C=O) groups excluding carboxylic acids is 2. The van der Waals surface area contributed by atoms with Crippen molar-refractivity contribution >= 4 is 28.5 Å². The summed E-state index contributed by atoms with van der Waals surface area (Å²) in [4.78, 5) is 30.4. The number of halogens is 2. The number of methoxy groups -OCH3 is 1. The average molecular weight is 471 g/mol. The lowest BCUT2D eigenvalue weighted by Crippen LogP contribution is -2.26. The summed E-state index contributed by atoms with van der Waals surface area (Å²) in [6.45, 7) is 0.704. The van der Waals surface area contributed by atoms with Crippen molar-refractivity contribution in [1.29, 1.82) is 0 Å². The quantitative estimate of drug-likeness (QED) is 0.511. The number of nitrogens with one attached hydrogen (secondary N) is 2. The Morgan fingerprint density at radius 3 is 2.74 bits per heavy atom. The first kappa shape index (κ1) is 23.8. The van der Waals surface area contributed by atoms with E-state index in [1.807, 2.05) is 0 Å². The van der Waals surface area contributed by atoms with Gasteiger partial charge in [-0.2, -0.15) is 0 Å². The fraction of sp³-hybridized carbons (Fsp3) is 0.400. The Morgan fingerprint density at radius 2 is 1.97 bits per heavy atom. The van der Waals surface area contributed by atoms with Crippen LogP contribution in [0.3, 0.4) is 0 Å². The molecule has 0 aliphatic heterocycles. The average Bonchev–Trinajstić information content (AvgIpc) is 3.26. The molecule has 3 aromatic rings. The second-order valence-corrected chi connectivity index (χ2v) is 8.54. The monoisotopic (exact) mass is 470 g/mol. The van der Waals surface area contributed by atoms with Gasteiger partial charge in [0.25, 0.3) is 5.91 Å². The van der Waals surface area contributed by atoms with Crippen molar-refractivity contribution < 1.29 is 23.1 Å². The minimum Gasteiger partial charge on any atom is -0.383 e. The molecule has 1 fully saturated rings. The summed E-state index contributed by atoms with van der Waals surface area (Å²) in [5.41, 5.74) is 1.91. The van der Waals surface area contributed by atoms with E-state index in [9.17, 15) is 18.4 Å². The van der Waals surface area contributed by atoms with Gasteiger partial charge < -0.3 is 19.9 Å². The van der Waals surface area contributed by atoms with Crippen molar-refractivity contribution in [3.05, 3.63) is 59.4 Å². The molecule has 2 aromatic carbocycles. The summed E-state index contributed by atoms with van der Waals surface area (Å²) < 4.78 is 34.5. The van der Waals surface area contributed by atoms with Crippen molar-refractivity contribution in [2.45, 2.75) is 45.2 Å². The van der Waals surface area contributed by atoms with Crippen molar-refractivity contribution in [1.82, 2.24) is 14.9 Å². The zero-order chi connectivity index (χ0) is 24.1. The topological polar surface area (TPSA) is 85.2 Å². The minimum absolute atomic E-state index is 0.0410. The fourth-order valence-electron chi connectivity index (χ4n) is 4.38. The van der Waals surface area contributed by atoms with Crippen LogP contribution in [0, 0.1) is 17.6 Å². The van der Waals surface area contributed by atoms with Crippen LogP contribution in [0.25, 0.3) is 11.0 Å². The number of anilines is 1. The van der Waals surface area contributed by atoms with Crippen LogP contribution in [0.4, 0.5) is 14.5 Å². The van der Waals surface area contributed by atoms with E-state index in [0.717, 1.165) is 38.2 Å². The molecule has 2 amide bonds. The number of hydrogen-bond acceptors (Lipinski definition) is 4. The van der Waals surface area contributed by atoms with Gasteiger partial charge in [0, 0.05) is 37.4 Å². The Bertz CT molecular complexity index is 1190. The Morgan fingerprint density at radius 1 is 1.18 bits per heavy atom. The summed E-state index contributed by atoms with van der Waals surface area (Å²) in [5.74, 6) is -2.56. The summed E-state index contributed by atoms with van der Waals surface area (Å²) in [6.07, 6.45) is 6.53. The summed E-state index contributed by atoms with van der Waals surface area (Å²) in [7, 11) is 1.58. The maximum atomic E-state index is 14.0. The molecule has 1 aromatic heterocycles. The molecule has 0 atom stereocenters. The lowest BCUT2D eigenvalue weighted by atomic mass is 9.88. The van der Waals surface area contributed by atoms with E-state index in [0.29, 0.717) is 29.9 Å². The predicted octanol–water partition coefficient (Wildman–Crippen LogP) is 4.41. The third kappa shape index (κ3) is 5.25. The Kier molecular flexibility index (Phi) is 7.52. The molecular formula is C25H28F2N4O3. The van der Waals surface area contributed by atoms with Crippen LogP contribution in [-0.2, 0) is 22.6 Å². The predicted molar refractivity (Wildman–Crippen MR) is 124 cm³/mol. The number of carbonyl (C=O) groups is 2. The molecule has 1 heterocycles. The molecule has 9 heteroatoms. The van der Waals surface area contributed by atoms with E-state index in [4.69, 9.17) is 4.74 Å². The lowest BCUT2D eigenvalue weighted by molar-refractivity contribution is -0.120. The van der Waals surface area contributed by atoms with Crippen molar-refractivity contribution in [2.24, 2.45) is 5.92 Å². The minimum atomic E-state index is -0.994. The van der Waals surface area contributed by atoms with Gasteiger partial charge in [0.1, 0.15) is 0 Å². The van der Waals surface area contributed by atoms with Crippen molar-refractivity contribution in [3.63, 3.8) is 0 Å². The van der Waals surface area contributed by atoms with E-state index in [2.05, 4.69) is 15.6 Å². The van der Waals surface area contributed by atoms with Crippen LogP contribution in [0.15, 0.2) is 36.7 Å².